The van der Waals surface area contributed by atoms with Crippen LogP contribution in [0.5, 0.6) is 11.5 Å². The first-order valence-corrected chi connectivity index (χ1v) is 5.25. The third-order valence-electron chi connectivity index (χ3n) is 3.20. The Hall–Kier alpha value is -1.80. The number of aryl methyl sites for hydroxylation is 1. The number of hydrogen-bond acceptors (Lipinski definition) is 4. The van der Waals surface area contributed by atoms with Gasteiger partial charge in [-0.05, 0) is 31.4 Å². The zero-order valence-electron chi connectivity index (χ0n) is 8.95. The van der Waals surface area contributed by atoms with Gasteiger partial charge >= 0.3 is 0 Å². The highest BCUT2D eigenvalue weighted by molar-refractivity contribution is 5.58. The number of benzene rings is 1. The Labute approximate surface area is 92.9 Å². The molecule has 0 spiro atoms. The monoisotopic (exact) mass is 217 g/mol. The van der Waals surface area contributed by atoms with Crippen molar-refractivity contribution in [2.45, 2.75) is 25.3 Å². The van der Waals surface area contributed by atoms with Crippen LogP contribution in [0.1, 0.15) is 24.0 Å². The van der Waals surface area contributed by atoms with E-state index in [1.54, 1.807) is 6.08 Å². The Balaban J connectivity index is 2.20. The Bertz CT molecular complexity index is 499. The molecule has 1 aromatic carbocycles. The van der Waals surface area contributed by atoms with Gasteiger partial charge in [-0.2, -0.15) is 4.99 Å². The fourth-order valence-electron chi connectivity index (χ4n) is 2.27. The van der Waals surface area contributed by atoms with E-state index in [9.17, 15) is 4.79 Å². The van der Waals surface area contributed by atoms with E-state index in [2.05, 4.69) is 4.99 Å². The van der Waals surface area contributed by atoms with E-state index < -0.39 is 5.54 Å². The van der Waals surface area contributed by atoms with Crippen molar-refractivity contribution in [2.75, 3.05) is 6.79 Å². The third-order valence-corrected chi connectivity index (χ3v) is 3.20. The predicted molar refractivity (Wildman–Crippen MR) is 56.3 cm³/mol. The number of carbonyl (C=O) groups excluding carboxylic acids is 1. The average Bonchev–Trinajstić information content (AvgIpc) is 2.89. The summed E-state index contributed by atoms with van der Waals surface area (Å²) >= 11 is 0. The van der Waals surface area contributed by atoms with E-state index >= 15 is 0 Å². The Morgan fingerprint density at radius 3 is 2.88 bits per heavy atom. The molecule has 0 saturated heterocycles. The first-order valence-electron chi connectivity index (χ1n) is 5.25. The van der Waals surface area contributed by atoms with Crippen molar-refractivity contribution in [3.05, 3.63) is 23.3 Å². The van der Waals surface area contributed by atoms with Gasteiger partial charge in [0, 0.05) is 5.56 Å². The molecule has 82 valence electrons. The molecule has 1 aliphatic carbocycles. The molecule has 3 rings (SSSR count). The van der Waals surface area contributed by atoms with Gasteiger partial charge < -0.3 is 9.47 Å². The van der Waals surface area contributed by atoms with Crippen LogP contribution in [0.25, 0.3) is 0 Å². The fourth-order valence-corrected chi connectivity index (χ4v) is 2.27. The van der Waals surface area contributed by atoms with Crippen molar-refractivity contribution < 1.29 is 14.3 Å². The van der Waals surface area contributed by atoms with Crippen LogP contribution in [-0.4, -0.2) is 12.9 Å². The maximum atomic E-state index is 10.5. The molecule has 0 radical (unpaired) electrons. The van der Waals surface area contributed by atoms with Gasteiger partial charge in [0.05, 0.1) is 0 Å². The van der Waals surface area contributed by atoms with Gasteiger partial charge in [-0.15, -0.1) is 0 Å². The molecular formula is C12H11NO3. The van der Waals surface area contributed by atoms with Crippen LogP contribution >= 0.6 is 0 Å². The second kappa shape index (κ2) is 3.09. The van der Waals surface area contributed by atoms with E-state index in [0.29, 0.717) is 0 Å². The number of fused-ring (bicyclic) bond motifs is 1. The molecule has 1 aliphatic heterocycles. The lowest BCUT2D eigenvalue weighted by atomic mass is 9.98. The minimum absolute atomic E-state index is 0.243. The van der Waals surface area contributed by atoms with E-state index in [1.165, 1.54) is 0 Å². The lowest BCUT2D eigenvalue weighted by molar-refractivity contribution is 0.173. The molecule has 0 aromatic heterocycles. The number of ether oxygens (including phenoxy) is 2. The molecule has 4 heteroatoms. The van der Waals surface area contributed by atoms with Crippen LogP contribution in [0.4, 0.5) is 0 Å². The maximum Gasteiger partial charge on any atom is 0.235 e. The summed E-state index contributed by atoms with van der Waals surface area (Å²) in [6, 6.07) is 3.87. The maximum absolute atomic E-state index is 10.5. The Morgan fingerprint density at radius 1 is 1.38 bits per heavy atom. The van der Waals surface area contributed by atoms with Crippen molar-refractivity contribution in [1.82, 2.24) is 0 Å². The van der Waals surface area contributed by atoms with Crippen LogP contribution in [0.2, 0.25) is 0 Å². The molecule has 1 heterocycles. The smallest absolute Gasteiger partial charge is 0.235 e. The molecular weight excluding hydrogens is 206 g/mol. The molecule has 0 atom stereocenters. The van der Waals surface area contributed by atoms with E-state index in [-0.39, 0.29) is 6.79 Å². The summed E-state index contributed by atoms with van der Waals surface area (Å²) in [6.45, 7) is 2.24. The molecule has 0 amide bonds. The van der Waals surface area contributed by atoms with Gasteiger partial charge in [-0.3, -0.25) is 0 Å². The molecule has 16 heavy (non-hydrogen) atoms. The van der Waals surface area contributed by atoms with Crippen LogP contribution in [0, 0.1) is 6.92 Å². The molecule has 0 bridgehead atoms. The zero-order chi connectivity index (χ0) is 11.2. The molecule has 0 N–H and O–H groups in total. The van der Waals surface area contributed by atoms with Crippen molar-refractivity contribution in [3.8, 4) is 11.5 Å². The van der Waals surface area contributed by atoms with E-state index in [4.69, 9.17) is 9.47 Å². The van der Waals surface area contributed by atoms with Crippen LogP contribution in [0.15, 0.2) is 17.1 Å². The Morgan fingerprint density at radius 2 is 2.19 bits per heavy atom. The van der Waals surface area contributed by atoms with E-state index in [1.807, 2.05) is 19.1 Å². The zero-order valence-corrected chi connectivity index (χ0v) is 8.95. The van der Waals surface area contributed by atoms with Gasteiger partial charge in [0.2, 0.25) is 12.9 Å². The summed E-state index contributed by atoms with van der Waals surface area (Å²) in [6.07, 6.45) is 3.42. The van der Waals surface area contributed by atoms with Crippen molar-refractivity contribution in [3.63, 3.8) is 0 Å². The largest absolute Gasteiger partial charge is 0.454 e. The number of isocyanates is 1. The van der Waals surface area contributed by atoms with Crippen molar-refractivity contribution in [2.24, 2.45) is 4.99 Å². The molecule has 4 nitrogen and oxygen atoms in total. The van der Waals surface area contributed by atoms with Crippen molar-refractivity contribution in [1.29, 1.82) is 0 Å². The minimum Gasteiger partial charge on any atom is -0.454 e. The van der Waals surface area contributed by atoms with Gasteiger partial charge in [0.25, 0.3) is 0 Å². The highest BCUT2D eigenvalue weighted by Gasteiger charge is 2.49. The lowest BCUT2D eigenvalue weighted by Gasteiger charge is -2.14. The summed E-state index contributed by atoms with van der Waals surface area (Å²) < 4.78 is 10.8. The van der Waals surface area contributed by atoms with Gasteiger partial charge in [-0.1, -0.05) is 6.07 Å². The van der Waals surface area contributed by atoms with Crippen LogP contribution < -0.4 is 9.47 Å². The minimum atomic E-state index is -0.398. The SMILES string of the molecule is Cc1ccc2c(c1C1(N=C=O)CC1)OCO2. The summed E-state index contributed by atoms with van der Waals surface area (Å²) in [5.74, 6) is 1.49. The molecule has 2 aliphatic rings. The normalized spacial score (nSPS) is 19.1. The van der Waals surface area contributed by atoms with E-state index in [0.717, 1.165) is 35.5 Å². The summed E-state index contributed by atoms with van der Waals surface area (Å²) in [5.41, 5.74) is 1.68. The molecule has 1 saturated carbocycles. The average molecular weight is 217 g/mol. The summed E-state index contributed by atoms with van der Waals surface area (Å²) in [4.78, 5) is 14.4. The third kappa shape index (κ3) is 1.17. The summed E-state index contributed by atoms with van der Waals surface area (Å²) in [5, 5.41) is 0. The van der Waals surface area contributed by atoms with Crippen LogP contribution in [0.3, 0.4) is 0 Å². The predicted octanol–water partition coefficient (Wildman–Crippen LogP) is 2.05. The fraction of sp³-hybridized carbons (Fsp3) is 0.417. The first kappa shape index (κ1) is 9.43. The van der Waals surface area contributed by atoms with Gasteiger partial charge in [0.15, 0.2) is 11.5 Å². The quantitative estimate of drug-likeness (QED) is 0.562. The first-order chi connectivity index (χ1) is 7.77. The van der Waals surface area contributed by atoms with Gasteiger partial charge in [0.1, 0.15) is 5.54 Å². The molecule has 1 aromatic rings. The number of rotatable bonds is 2. The summed E-state index contributed by atoms with van der Waals surface area (Å²) in [7, 11) is 0. The van der Waals surface area contributed by atoms with Gasteiger partial charge in [-0.25, -0.2) is 4.79 Å². The van der Waals surface area contributed by atoms with Crippen LogP contribution in [-0.2, 0) is 10.3 Å². The second-order valence-corrected chi connectivity index (χ2v) is 4.23. The Kier molecular flexibility index (Phi) is 1.82. The molecule has 0 unspecified atom stereocenters. The molecule has 1 fully saturated rings. The number of hydrogen-bond donors (Lipinski definition) is 0. The number of aliphatic imine (C=N–C) groups is 1. The standard InChI is InChI=1S/C12H11NO3/c1-8-2-3-9-11(16-7-15-9)10(8)12(4-5-12)13-6-14/h2-3H,4-5,7H2,1H3. The lowest BCUT2D eigenvalue weighted by Crippen LogP contribution is -2.06. The second-order valence-electron chi connectivity index (χ2n) is 4.23. The highest BCUT2D eigenvalue weighted by Crippen LogP contribution is 2.56. The number of nitrogens with zero attached hydrogens (tertiary/aromatic N) is 1. The highest BCUT2D eigenvalue weighted by atomic mass is 16.7. The van der Waals surface area contributed by atoms with Crippen molar-refractivity contribution >= 4 is 6.08 Å². The topological polar surface area (TPSA) is 47.9 Å².